The Morgan fingerprint density at radius 1 is 1.44 bits per heavy atom. The second-order valence-electron chi connectivity index (χ2n) is 3.30. The fourth-order valence-electron chi connectivity index (χ4n) is 1.38. The largest absolute Gasteiger partial charge is 0.287 e. The van der Waals surface area contributed by atoms with Crippen LogP contribution in [-0.4, -0.2) is 15.6 Å². The van der Waals surface area contributed by atoms with Gasteiger partial charge in [-0.05, 0) is 24.3 Å². The van der Waals surface area contributed by atoms with Crippen molar-refractivity contribution in [1.29, 1.82) is 0 Å². The molecule has 0 saturated carbocycles. The van der Waals surface area contributed by atoms with Gasteiger partial charge in [-0.15, -0.1) is 0 Å². The Hall–Kier alpha value is -1.68. The van der Waals surface area contributed by atoms with Gasteiger partial charge < -0.3 is 0 Å². The van der Waals surface area contributed by atoms with Crippen LogP contribution in [0.5, 0.6) is 0 Å². The maximum absolute atomic E-state index is 13.2. The van der Waals surface area contributed by atoms with E-state index in [4.69, 9.17) is 11.6 Å². The van der Waals surface area contributed by atoms with E-state index in [1.807, 2.05) is 0 Å². The number of halogens is 2. The molecule has 0 amide bonds. The molecule has 0 aliphatic heterocycles. The smallest absolute Gasteiger partial charge is 0.211 e. The molecule has 0 spiro atoms. The van der Waals surface area contributed by atoms with E-state index in [1.54, 1.807) is 13.1 Å². The third-order valence-corrected chi connectivity index (χ3v) is 2.54. The summed E-state index contributed by atoms with van der Waals surface area (Å²) in [5.41, 5.74) is 0.659. The topological polar surface area (TPSA) is 34.9 Å². The lowest BCUT2D eigenvalue weighted by Crippen LogP contribution is -2.08. The van der Waals surface area contributed by atoms with Crippen molar-refractivity contribution in [3.63, 3.8) is 0 Å². The highest BCUT2D eigenvalue weighted by atomic mass is 35.5. The highest BCUT2D eigenvalue weighted by molar-refractivity contribution is 6.30. The third-order valence-electron chi connectivity index (χ3n) is 2.24. The van der Waals surface area contributed by atoms with E-state index in [1.165, 1.54) is 23.0 Å². The van der Waals surface area contributed by atoms with Gasteiger partial charge in [0.05, 0.1) is 5.02 Å². The summed E-state index contributed by atoms with van der Waals surface area (Å²) in [6.07, 6.45) is 1.51. The summed E-state index contributed by atoms with van der Waals surface area (Å²) in [6.45, 7) is 0. The number of carbonyl (C=O) groups is 1. The van der Waals surface area contributed by atoms with E-state index in [2.05, 4.69) is 5.10 Å². The lowest BCUT2D eigenvalue weighted by molar-refractivity contribution is 0.103. The van der Waals surface area contributed by atoms with Crippen LogP contribution in [0.15, 0.2) is 30.5 Å². The molecule has 2 aromatic rings. The van der Waals surface area contributed by atoms with Crippen LogP contribution in [-0.2, 0) is 7.05 Å². The maximum Gasteiger partial charge on any atom is 0.211 e. The number of rotatable bonds is 2. The van der Waals surface area contributed by atoms with Crippen molar-refractivity contribution in [1.82, 2.24) is 9.78 Å². The molecule has 5 heteroatoms. The number of carbonyl (C=O) groups excluding carboxylic acids is 1. The molecule has 3 nitrogen and oxygen atoms in total. The normalized spacial score (nSPS) is 10.4. The highest BCUT2D eigenvalue weighted by Gasteiger charge is 2.14. The number of ketones is 1. The SMILES string of the molecule is Cn1nccc1C(=O)c1ccc(Cl)c(F)c1. The van der Waals surface area contributed by atoms with Crippen molar-refractivity contribution in [2.75, 3.05) is 0 Å². The van der Waals surface area contributed by atoms with Crippen molar-refractivity contribution in [3.05, 3.63) is 52.6 Å². The van der Waals surface area contributed by atoms with Crippen LogP contribution >= 0.6 is 11.6 Å². The van der Waals surface area contributed by atoms with Gasteiger partial charge in [0.2, 0.25) is 5.78 Å². The Bertz CT molecular complexity index is 551. The van der Waals surface area contributed by atoms with Crippen LogP contribution < -0.4 is 0 Å². The Balaban J connectivity index is 2.42. The summed E-state index contributed by atoms with van der Waals surface area (Å²) in [7, 11) is 1.65. The Labute approximate surface area is 96.5 Å². The molecule has 2 rings (SSSR count). The Morgan fingerprint density at radius 2 is 2.19 bits per heavy atom. The van der Waals surface area contributed by atoms with Crippen LogP contribution in [0.4, 0.5) is 4.39 Å². The zero-order chi connectivity index (χ0) is 11.7. The summed E-state index contributed by atoms with van der Waals surface area (Å²) in [5, 5.41) is 3.88. The quantitative estimate of drug-likeness (QED) is 0.754. The predicted octanol–water partition coefficient (Wildman–Crippen LogP) is 2.44. The molecule has 1 aromatic carbocycles. The van der Waals surface area contributed by atoms with E-state index in [-0.39, 0.29) is 16.4 Å². The van der Waals surface area contributed by atoms with Crippen LogP contribution in [0.3, 0.4) is 0 Å². The first-order valence-electron chi connectivity index (χ1n) is 4.57. The summed E-state index contributed by atoms with van der Waals surface area (Å²) in [6, 6.07) is 5.55. The number of aromatic nitrogens is 2. The number of hydrogen-bond acceptors (Lipinski definition) is 2. The predicted molar refractivity (Wildman–Crippen MR) is 58.1 cm³/mol. The molecule has 16 heavy (non-hydrogen) atoms. The monoisotopic (exact) mass is 238 g/mol. The van der Waals surface area contributed by atoms with E-state index < -0.39 is 5.82 Å². The summed E-state index contributed by atoms with van der Waals surface area (Å²) in [4.78, 5) is 11.9. The molecule has 0 fully saturated rings. The first kappa shape index (κ1) is 10.8. The summed E-state index contributed by atoms with van der Waals surface area (Å²) in [5.74, 6) is -0.884. The molecule has 0 N–H and O–H groups in total. The van der Waals surface area contributed by atoms with Gasteiger partial charge in [-0.3, -0.25) is 9.48 Å². The zero-order valence-corrected chi connectivity index (χ0v) is 9.20. The molecule has 0 saturated heterocycles. The number of aryl methyl sites for hydroxylation is 1. The van der Waals surface area contributed by atoms with Crippen LogP contribution in [0.2, 0.25) is 5.02 Å². The average molecular weight is 239 g/mol. The van der Waals surface area contributed by atoms with Gasteiger partial charge in [-0.25, -0.2) is 4.39 Å². The first-order chi connectivity index (χ1) is 7.59. The van der Waals surface area contributed by atoms with Gasteiger partial charge in [-0.1, -0.05) is 11.6 Å². The molecule has 0 unspecified atom stereocenters. The molecule has 0 radical (unpaired) electrons. The fraction of sp³-hybridized carbons (Fsp3) is 0.0909. The second-order valence-corrected chi connectivity index (χ2v) is 3.71. The molecular weight excluding hydrogens is 231 g/mol. The van der Waals surface area contributed by atoms with Crippen LogP contribution in [0.1, 0.15) is 16.1 Å². The Morgan fingerprint density at radius 3 is 2.75 bits per heavy atom. The van der Waals surface area contributed by atoms with E-state index in [0.717, 1.165) is 6.07 Å². The molecule has 0 aliphatic rings. The minimum absolute atomic E-state index is 0.00144. The van der Waals surface area contributed by atoms with Crippen molar-refractivity contribution in [2.45, 2.75) is 0 Å². The van der Waals surface area contributed by atoms with Gasteiger partial charge in [0, 0.05) is 18.8 Å². The van der Waals surface area contributed by atoms with Crippen molar-refractivity contribution >= 4 is 17.4 Å². The van der Waals surface area contributed by atoms with Crippen molar-refractivity contribution in [2.24, 2.45) is 7.05 Å². The van der Waals surface area contributed by atoms with Crippen molar-refractivity contribution < 1.29 is 9.18 Å². The van der Waals surface area contributed by atoms with Gasteiger partial charge in [0.25, 0.3) is 0 Å². The second kappa shape index (κ2) is 4.06. The lowest BCUT2D eigenvalue weighted by Gasteiger charge is -2.02. The van der Waals surface area contributed by atoms with Gasteiger partial charge in [0.1, 0.15) is 11.5 Å². The third kappa shape index (κ3) is 1.84. The first-order valence-corrected chi connectivity index (χ1v) is 4.95. The fourth-order valence-corrected chi connectivity index (χ4v) is 1.50. The number of hydrogen-bond donors (Lipinski definition) is 0. The Kier molecular flexibility index (Phi) is 2.75. The molecule has 0 atom stereocenters. The lowest BCUT2D eigenvalue weighted by atomic mass is 10.1. The summed E-state index contributed by atoms with van der Waals surface area (Å²) < 4.78 is 14.6. The van der Waals surface area contributed by atoms with Gasteiger partial charge in [0.15, 0.2) is 0 Å². The van der Waals surface area contributed by atoms with E-state index in [0.29, 0.717) is 5.69 Å². The number of benzene rings is 1. The molecule has 0 aliphatic carbocycles. The average Bonchev–Trinajstić information content (AvgIpc) is 2.67. The van der Waals surface area contributed by atoms with Gasteiger partial charge in [-0.2, -0.15) is 5.10 Å². The van der Waals surface area contributed by atoms with E-state index in [9.17, 15) is 9.18 Å². The minimum atomic E-state index is -0.602. The van der Waals surface area contributed by atoms with Crippen LogP contribution in [0.25, 0.3) is 0 Å². The molecule has 1 aromatic heterocycles. The maximum atomic E-state index is 13.2. The van der Waals surface area contributed by atoms with Crippen LogP contribution in [0, 0.1) is 5.82 Å². The van der Waals surface area contributed by atoms with Crippen molar-refractivity contribution in [3.8, 4) is 0 Å². The summed E-state index contributed by atoms with van der Waals surface area (Å²) >= 11 is 5.54. The zero-order valence-electron chi connectivity index (χ0n) is 8.45. The molecule has 1 heterocycles. The minimum Gasteiger partial charge on any atom is -0.287 e. The molecular formula is C11H8ClFN2O. The van der Waals surface area contributed by atoms with Gasteiger partial charge >= 0.3 is 0 Å². The highest BCUT2D eigenvalue weighted by Crippen LogP contribution is 2.17. The standard InChI is InChI=1S/C11H8ClFN2O/c1-15-10(4-5-14-15)11(16)7-2-3-8(12)9(13)6-7/h2-6H,1H3. The molecule has 82 valence electrons. The van der Waals surface area contributed by atoms with E-state index >= 15 is 0 Å². The number of nitrogens with zero attached hydrogens (tertiary/aromatic N) is 2. The molecule has 0 bridgehead atoms.